The van der Waals surface area contributed by atoms with E-state index in [1.54, 1.807) is 25.3 Å². The fourth-order valence-corrected chi connectivity index (χ4v) is 3.30. The summed E-state index contributed by atoms with van der Waals surface area (Å²) in [5, 5.41) is 4.05. The van der Waals surface area contributed by atoms with Gasteiger partial charge < -0.3 is 14.2 Å². The zero-order valence-corrected chi connectivity index (χ0v) is 20.0. The molecule has 4 aromatic rings. The van der Waals surface area contributed by atoms with E-state index in [1.807, 2.05) is 97.1 Å². The fourth-order valence-electron chi connectivity index (χ4n) is 3.30. The van der Waals surface area contributed by atoms with Crippen LogP contribution >= 0.6 is 0 Å². The predicted octanol–water partition coefficient (Wildman–Crippen LogP) is 5.76. The molecule has 4 rings (SSSR count). The molecule has 6 nitrogen and oxygen atoms in total. The van der Waals surface area contributed by atoms with Gasteiger partial charge in [0.2, 0.25) is 0 Å². The second-order valence-corrected chi connectivity index (χ2v) is 8.09. The van der Waals surface area contributed by atoms with Gasteiger partial charge in [0, 0.05) is 0 Å². The molecular weight excluding hydrogens is 452 g/mol. The molecule has 0 spiro atoms. The summed E-state index contributed by atoms with van der Waals surface area (Å²) in [4.78, 5) is 12.4. The van der Waals surface area contributed by atoms with Crippen molar-refractivity contribution in [3.8, 4) is 17.2 Å². The first-order chi connectivity index (χ1) is 17.7. The molecule has 0 aliphatic carbocycles. The Bertz CT molecular complexity index is 1260. The number of carbonyl (C=O) groups excluding carboxylic acids is 1. The van der Waals surface area contributed by atoms with Crippen molar-refractivity contribution >= 4 is 12.1 Å². The van der Waals surface area contributed by atoms with Crippen LogP contribution in [0.3, 0.4) is 0 Å². The van der Waals surface area contributed by atoms with E-state index in [9.17, 15) is 4.79 Å². The van der Waals surface area contributed by atoms with Crippen molar-refractivity contribution < 1.29 is 19.0 Å². The van der Waals surface area contributed by atoms with Gasteiger partial charge in [-0.2, -0.15) is 5.10 Å². The Labute approximate surface area is 211 Å². The fraction of sp³-hybridized carbons (Fsp3) is 0.133. The van der Waals surface area contributed by atoms with Crippen molar-refractivity contribution in [1.29, 1.82) is 0 Å². The van der Waals surface area contributed by atoms with E-state index in [4.69, 9.17) is 14.2 Å². The lowest BCUT2D eigenvalue weighted by Crippen LogP contribution is -2.33. The van der Waals surface area contributed by atoms with E-state index in [0.717, 1.165) is 28.2 Å². The molecule has 4 aromatic carbocycles. The van der Waals surface area contributed by atoms with Crippen LogP contribution in [0.1, 0.15) is 23.6 Å². The molecule has 182 valence electrons. The van der Waals surface area contributed by atoms with Crippen LogP contribution < -0.4 is 19.6 Å². The highest BCUT2D eigenvalue weighted by Gasteiger charge is 2.14. The minimum atomic E-state index is -0.723. The number of ether oxygens (including phenoxy) is 3. The Morgan fingerprint density at radius 2 is 1.33 bits per heavy atom. The van der Waals surface area contributed by atoms with Gasteiger partial charge in [0.1, 0.15) is 30.5 Å². The Hall–Kier alpha value is -4.58. The van der Waals surface area contributed by atoms with Crippen LogP contribution in [0.15, 0.2) is 114 Å². The van der Waals surface area contributed by atoms with Crippen molar-refractivity contribution in [2.45, 2.75) is 26.2 Å². The molecule has 0 radical (unpaired) electrons. The molecule has 1 atom stereocenters. The molecule has 0 aliphatic rings. The van der Waals surface area contributed by atoms with Crippen molar-refractivity contribution in [2.24, 2.45) is 5.10 Å². The van der Waals surface area contributed by atoms with E-state index in [2.05, 4.69) is 10.5 Å². The molecule has 0 aromatic heterocycles. The summed E-state index contributed by atoms with van der Waals surface area (Å²) in [5.41, 5.74) is 5.51. The third-order valence-corrected chi connectivity index (χ3v) is 5.25. The summed E-state index contributed by atoms with van der Waals surface area (Å²) < 4.78 is 17.3. The molecule has 36 heavy (non-hydrogen) atoms. The monoisotopic (exact) mass is 480 g/mol. The zero-order chi connectivity index (χ0) is 25.0. The molecule has 0 unspecified atom stereocenters. The van der Waals surface area contributed by atoms with Crippen LogP contribution in [0, 0.1) is 0 Å². The van der Waals surface area contributed by atoms with Crippen molar-refractivity contribution in [3.05, 3.63) is 126 Å². The van der Waals surface area contributed by atoms with Crippen molar-refractivity contribution in [1.82, 2.24) is 5.43 Å². The smallest absolute Gasteiger partial charge is 0.280 e. The van der Waals surface area contributed by atoms with Crippen LogP contribution in [0.4, 0.5) is 0 Å². The quantitative estimate of drug-likeness (QED) is 0.219. The minimum Gasteiger partial charge on any atom is -0.489 e. The molecule has 0 saturated heterocycles. The van der Waals surface area contributed by atoms with Gasteiger partial charge in [-0.15, -0.1) is 0 Å². The average molecular weight is 481 g/mol. The normalized spacial score (nSPS) is 11.6. The third kappa shape index (κ3) is 7.74. The summed E-state index contributed by atoms with van der Waals surface area (Å²) in [7, 11) is 0. The maximum absolute atomic E-state index is 12.4. The molecule has 0 saturated carbocycles. The molecule has 0 bridgehead atoms. The Morgan fingerprint density at radius 3 is 1.97 bits per heavy atom. The van der Waals surface area contributed by atoms with Gasteiger partial charge in [0.25, 0.3) is 5.91 Å². The molecule has 0 heterocycles. The van der Waals surface area contributed by atoms with Crippen LogP contribution in [0.25, 0.3) is 0 Å². The van der Waals surface area contributed by atoms with E-state index < -0.39 is 6.10 Å². The topological polar surface area (TPSA) is 69.2 Å². The van der Waals surface area contributed by atoms with E-state index in [-0.39, 0.29) is 5.91 Å². The molecule has 0 fully saturated rings. The van der Waals surface area contributed by atoms with Gasteiger partial charge in [0.05, 0.1) is 6.21 Å². The van der Waals surface area contributed by atoms with Crippen LogP contribution in [0.2, 0.25) is 0 Å². The number of rotatable bonds is 11. The lowest BCUT2D eigenvalue weighted by molar-refractivity contribution is -0.127. The van der Waals surface area contributed by atoms with Gasteiger partial charge in [0.15, 0.2) is 6.10 Å². The van der Waals surface area contributed by atoms with Crippen molar-refractivity contribution in [2.75, 3.05) is 0 Å². The van der Waals surface area contributed by atoms with Gasteiger partial charge in [-0.1, -0.05) is 72.8 Å². The van der Waals surface area contributed by atoms with E-state index in [0.29, 0.717) is 19.0 Å². The number of hydrazone groups is 1. The Kier molecular flexibility index (Phi) is 8.70. The second-order valence-electron chi connectivity index (χ2n) is 8.09. The highest BCUT2D eigenvalue weighted by atomic mass is 16.5. The maximum atomic E-state index is 12.4. The zero-order valence-electron chi connectivity index (χ0n) is 20.0. The standard InChI is InChI=1S/C30H28N2O4/c1-23(36-28-17-15-27(16-18-28)34-21-24-9-4-2-5-10-24)30(33)32-31-20-26-13-8-14-29(19-26)35-22-25-11-6-3-7-12-25/h2-20,23H,21-22H2,1H3,(H,32,33)/b31-20-/t23-/m1/s1. The molecule has 1 N–H and O–H groups in total. The number of hydrogen-bond acceptors (Lipinski definition) is 5. The third-order valence-electron chi connectivity index (χ3n) is 5.25. The average Bonchev–Trinajstić information content (AvgIpc) is 2.93. The minimum absolute atomic E-state index is 0.355. The van der Waals surface area contributed by atoms with Crippen molar-refractivity contribution in [3.63, 3.8) is 0 Å². The summed E-state index contributed by atoms with van der Waals surface area (Å²) in [6, 6.07) is 34.6. The van der Waals surface area contributed by atoms with E-state index >= 15 is 0 Å². The second kappa shape index (κ2) is 12.8. The number of nitrogens with one attached hydrogen (secondary N) is 1. The highest BCUT2D eigenvalue weighted by Crippen LogP contribution is 2.20. The van der Waals surface area contributed by atoms with Gasteiger partial charge in [-0.25, -0.2) is 5.43 Å². The predicted molar refractivity (Wildman–Crippen MR) is 140 cm³/mol. The highest BCUT2D eigenvalue weighted by molar-refractivity contribution is 5.84. The van der Waals surface area contributed by atoms with Gasteiger partial charge >= 0.3 is 0 Å². The van der Waals surface area contributed by atoms with Crippen LogP contribution in [0.5, 0.6) is 17.2 Å². The Morgan fingerprint density at radius 1 is 0.750 bits per heavy atom. The largest absolute Gasteiger partial charge is 0.489 e. The first-order valence-corrected chi connectivity index (χ1v) is 11.7. The van der Waals surface area contributed by atoms with Gasteiger partial charge in [-0.05, 0) is 60.0 Å². The lowest BCUT2D eigenvalue weighted by atomic mass is 10.2. The number of amides is 1. The number of hydrogen-bond donors (Lipinski definition) is 1. The summed E-state index contributed by atoms with van der Waals surface area (Å²) in [6.45, 7) is 2.63. The Balaban J connectivity index is 1.22. The molecular formula is C30H28N2O4. The maximum Gasteiger partial charge on any atom is 0.280 e. The summed E-state index contributed by atoms with van der Waals surface area (Å²) in [5.74, 6) is 1.66. The van der Waals surface area contributed by atoms with Gasteiger partial charge in [-0.3, -0.25) is 4.79 Å². The molecule has 1 amide bonds. The molecule has 6 heteroatoms. The number of carbonyl (C=O) groups is 1. The first-order valence-electron chi connectivity index (χ1n) is 11.7. The summed E-state index contributed by atoms with van der Waals surface area (Å²) >= 11 is 0. The lowest BCUT2D eigenvalue weighted by Gasteiger charge is -2.13. The van der Waals surface area contributed by atoms with Crippen LogP contribution in [-0.2, 0) is 18.0 Å². The molecule has 0 aliphatic heterocycles. The van der Waals surface area contributed by atoms with Crippen LogP contribution in [-0.4, -0.2) is 18.2 Å². The summed E-state index contributed by atoms with van der Waals surface area (Å²) in [6.07, 6.45) is 0.845. The number of nitrogens with zero attached hydrogens (tertiary/aromatic N) is 1. The SMILES string of the molecule is C[C@@H](Oc1ccc(OCc2ccccc2)cc1)C(=O)N/N=C\c1cccc(OCc2ccccc2)c1. The van der Waals surface area contributed by atoms with E-state index in [1.165, 1.54) is 0 Å². The first kappa shape index (κ1) is 24.5. The number of benzene rings is 4.